The highest BCUT2D eigenvalue weighted by molar-refractivity contribution is 8.04. The maximum absolute atomic E-state index is 11.4. The van der Waals surface area contributed by atoms with E-state index in [1.165, 1.54) is 0 Å². The number of rotatable bonds is 1. The largest absolute Gasteiger partial charge is 0.507 e. The van der Waals surface area contributed by atoms with Crippen molar-refractivity contribution in [3.8, 4) is 5.75 Å². The van der Waals surface area contributed by atoms with Gasteiger partial charge in [-0.2, -0.15) is 0 Å². The van der Waals surface area contributed by atoms with Crippen LogP contribution in [0.3, 0.4) is 0 Å². The zero-order valence-corrected chi connectivity index (χ0v) is 11.0. The molecule has 1 amide bonds. The summed E-state index contributed by atoms with van der Waals surface area (Å²) in [5.41, 5.74) is 2.73. The molecule has 1 fully saturated rings. The van der Waals surface area contributed by atoms with E-state index in [2.05, 4.69) is 0 Å². The number of phenols is 1. The summed E-state index contributed by atoms with van der Waals surface area (Å²) < 4.78 is 0. The molecule has 2 rings (SSSR count). The van der Waals surface area contributed by atoms with Gasteiger partial charge in [0.2, 0.25) is 5.91 Å². The number of amides is 1. The van der Waals surface area contributed by atoms with E-state index < -0.39 is 0 Å². The lowest BCUT2D eigenvalue weighted by Gasteiger charge is -2.10. The Morgan fingerprint density at radius 2 is 1.94 bits per heavy atom. The van der Waals surface area contributed by atoms with E-state index in [1.54, 1.807) is 23.7 Å². The van der Waals surface area contributed by atoms with Crippen LogP contribution in [0.15, 0.2) is 17.2 Å². The number of aryl methyl sites for hydroxylation is 2. The summed E-state index contributed by atoms with van der Waals surface area (Å²) in [4.78, 5) is 13.1. The van der Waals surface area contributed by atoms with Crippen LogP contribution >= 0.6 is 11.8 Å². The molecule has 1 aromatic carbocycles. The molecule has 1 N–H and O–H groups in total. The average molecular weight is 249 g/mol. The van der Waals surface area contributed by atoms with Crippen LogP contribution in [0, 0.1) is 13.8 Å². The van der Waals surface area contributed by atoms with Crippen molar-refractivity contribution in [2.45, 2.75) is 13.8 Å². The van der Waals surface area contributed by atoms with Gasteiger partial charge in [-0.3, -0.25) is 4.79 Å². The van der Waals surface area contributed by atoms with Crippen molar-refractivity contribution in [3.63, 3.8) is 0 Å². The molecule has 90 valence electrons. The highest BCUT2D eigenvalue weighted by Gasteiger charge is 2.22. The van der Waals surface area contributed by atoms with E-state index in [-0.39, 0.29) is 5.91 Å². The zero-order valence-electron chi connectivity index (χ0n) is 10.2. The summed E-state index contributed by atoms with van der Waals surface area (Å²) in [7, 11) is 1.79. The molecule has 0 aromatic heterocycles. The number of phenolic OH excluding ortho intramolecular Hbond substituents is 1. The molecular formula is C13H15NO2S. The summed E-state index contributed by atoms with van der Waals surface area (Å²) in [5, 5.41) is 10.7. The Hall–Kier alpha value is -1.42. The number of carbonyl (C=O) groups is 1. The molecule has 3 nitrogen and oxygen atoms in total. The first kappa shape index (κ1) is 12.0. The smallest absolute Gasteiger partial charge is 0.237 e. The lowest BCUT2D eigenvalue weighted by atomic mass is 10.1. The van der Waals surface area contributed by atoms with Crippen LogP contribution in [0.5, 0.6) is 5.75 Å². The van der Waals surface area contributed by atoms with Gasteiger partial charge in [0.1, 0.15) is 5.75 Å². The number of hydrogen-bond acceptors (Lipinski definition) is 3. The molecule has 0 atom stereocenters. The minimum atomic E-state index is 0.133. The van der Waals surface area contributed by atoms with Gasteiger partial charge in [-0.1, -0.05) is 11.8 Å². The van der Waals surface area contributed by atoms with Crippen LogP contribution in [-0.2, 0) is 4.79 Å². The van der Waals surface area contributed by atoms with Crippen LogP contribution in [-0.4, -0.2) is 28.7 Å². The molecule has 0 bridgehead atoms. The van der Waals surface area contributed by atoms with E-state index >= 15 is 0 Å². The first-order valence-corrected chi connectivity index (χ1v) is 6.39. The predicted molar refractivity (Wildman–Crippen MR) is 70.8 cm³/mol. The molecule has 0 aliphatic carbocycles. The number of hydrogen-bond donors (Lipinski definition) is 1. The van der Waals surface area contributed by atoms with Gasteiger partial charge >= 0.3 is 0 Å². The number of aromatic hydroxyl groups is 1. The Labute approximate surface area is 105 Å². The Morgan fingerprint density at radius 1 is 1.35 bits per heavy atom. The Kier molecular flexibility index (Phi) is 3.15. The summed E-state index contributed by atoms with van der Waals surface area (Å²) >= 11 is 1.54. The predicted octanol–water partition coefficient (Wildman–Crippen LogP) is 2.51. The fourth-order valence-electron chi connectivity index (χ4n) is 1.81. The number of thioether (sulfide) groups is 1. The first-order valence-electron chi connectivity index (χ1n) is 5.40. The lowest BCUT2D eigenvalue weighted by molar-refractivity contribution is -0.124. The van der Waals surface area contributed by atoms with E-state index in [9.17, 15) is 9.90 Å². The number of nitrogens with zero attached hydrogens (tertiary/aromatic N) is 1. The van der Waals surface area contributed by atoms with Crippen LogP contribution in [0.25, 0.3) is 6.08 Å². The van der Waals surface area contributed by atoms with Crippen molar-refractivity contribution in [1.82, 2.24) is 4.90 Å². The maximum Gasteiger partial charge on any atom is 0.237 e. The van der Waals surface area contributed by atoms with Gasteiger partial charge in [-0.25, -0.2) is 0 Å². The van der Waals surface area contributed by atoms with Crippen LogP contribution in [0.4, 0.5) is 0 Å². The van der Waals surface area contributed by atoms with Crippen molar-refractivity contribution in [3.05, 3.63) is 33.9 Å². The minimum absolute atomic E-state index is 0.133. The molecule has 4 heteroatoms. The van der Waals surface area contributed by atoms with Gasteiger partial charge in [0.15, 0.2) is 0 Å². The maximum atomic E-state index is 11.4. The Morgan fingerprint density at radius 3 is 2.41 bits per heavy atom. The quantitative estimate of drug-likeness (QED) is 0.831. The van der Waals surface area contributed by atoms with Gasteiger partial charge in [0.25, 0.3) is 0 Å². The normalized spacial score (nSPS) is 18.2. The van der Waals surface area contributed by atoms with E-state index in [4.69, 9.17) is 0 Å². The summed E-state index contributed by atoms with van der Waals surface area (Å²) in [6.07, 6.45) is 1.98. The SMILES string of the molecule is Cc1cc(C=C2SCC(=O)N2C)cc(C)c1O. The molecule has 1 saturated heterocycles. The van der Waals surface area contributed by atoms with Crippen molar-refractivity contribution in [2.24, 2.45) is 0 Å². The van der Waals surface area contributed by atoms with Gasteiger partial charge in [0, 0.05) is 7.05 Å². The van der Waals surface area contributed by atoms with Gasteiger partial charge in [-0.15, -0.1) is 0 Å². The summed E-state index contributed by atoms with van der Waals surface area (Å²) in [6.45, 7) is 3.75. The molecule has 0 unspecified atom stereocenters. The van der Waals surface area contributed by atoms with E-state index in [0.717, 1.165) is 21.7 Å². The molecule has 1 aliphatic rings. The van der Waals surface area contributed by atoms with E-state index in [1.807, 2.05) is 32.1 Å². The second-order valence-corrected chi connectivity index (χ2v) is 5.22. The topological polar surface area (TPSA) is 40.5 Å². The second kappa shape index (κ2) is 4.45. The fourth-order valence-corrected chi connectivity index (χ4v) is 2.79. The molecule has 1 heterocycles. The highest BCUT2D eigenvalue weighted by Crippen LogP contribution is 2.31. The fraction of sp³-hybridized carbons (Fsp3) is 0.308. The monoisotopic (exact) mass is 249 g/mol. The lowest BCUT2D eigenvalue weighted by Crippen LogP contribution is -2.18. The van der Waals surface area contributed by atoms with Crippen LogP contribution < -0.4 is 0 Å². The minimum Gasteiger partial charge on any atom is -0.507 e. The first-order chi connectivity index (χ1) is 7.99. The van der Waals surface area contributed by atoms with Gasteiger partial charge < -0.3 is 10.0 Å². The highest BCUT2D eigenvalue weighted by atomic mass is 32.2. The van der Waals surface area contributed by atoms with E-state index in [0.29, 0.717) is 11.5 Å². The third kappa shape index (κ3) is 2.31. The van der Waals surface area contributed by atoms with Gasteiger partial charge in [0.05, 0.1) is 10.8 Å². The Balaban J connectivity index is 2.37. The van der Waals surface area contributed by atoms with Crippen molar-refractivity contribution >= 4 is 23.7 Å². The van der Waals surface area contributed by atoms with Crippen molar-refractivity contribution in [1.29, 1.82) is 0 Å². The third-order valence-corrected chi connectivity index (χ3v) is 3.93. The van der Waals surface area contributed by atoms with Gasteiger partial charge in [-0.05, 0) is 48.7 Å². The van der Waals surface area contributed by atoms with Crippen LogP contribution in [0.1, 0.15) is 16.7 Å². The van der Waals surface area contributed by atoms with Crippen LogP contribution in [0.2, 0.25) is 0 Å². The number of benzene rings is 1. The second-order valence-electron chi connectivity index (χ2n) is 4.23. The number of carbonyl (C=O) groups excluding carboxylic acids is 1. The standard InChI is InChI=1S/C13H15NO2S/c1-8-4-10(5-9(2)13(8)16)6-12-14(3)11(15)7-17-12/h4-6,16H,7H2,1-3H3. The summed E-state index contributed by atoms with van der Waals surface area (Å²) in [6, 6.07) is 3.85. The summed E-state index contributed by atoms with van der Waals surface area (Å²) in [5.74, 6) is 0.988. The molecule has 1 aromatic rings. The third-order valence-electron chi connectivity index (χ3n) is 2.85. The molecule has 0 saturated carbocycles. The molecule has 1 aliphatic heterocycles. The molecule has 17 heavy (non-hydrogen) atoms. The molecule has 0 spiro atoms. The zero-order chi connectivity index (χ0) is 12.6. The van der Waals surface area contributed by atoms with Crippen molar-refractivity contribution in [2.75, 3.05) is 12.8 Å². The molecular weight excluding hydrogens is 234 g/mol. The van der Waals surface area contributed by atoms with Crippen molar-refractivity contribution < 1.29 is 9.90 Å². The Bertz CT molecular complexity index is 485. The average Bonchev–Trinajstić information content (AvgIpc) is 2.58. The molecule has 0 radical (unpaired) electrons.